The molecule has 0 aliphatic heterocycles. The van der Waals surface area contributed by atoms with Gasteiger partial charge in [0.05, 0.1) is 18.2 Å². The molecule has 0 fully saturated rings. The number of carbonyl (C=O) groups excluding carboxylic acids is 3. The third-order valence-electron chi connectivity index (χ3n) is 5.69. The maximum absolute atomic E-state index is 12.7. The van der Waals surface area contributed by atoms with Crippen molar-refractivity contribution < 1.29 is 23.9 Å². The van der Waals surface area contributed by atoms with Gasteiger partial charge in [0.15, 0.2) is 6.10 Å². The van der Waals surface area contributed by atoms with Crippen molar-refractivity contribution in [2.24, 2.45) is 11.3 Å². The summed E-state index contributed by atoms with van der Waals surface area (Å²) in [6.07, 6.45) is 4.52. The zero-order valence-electron chi connectivity index (χ0n) is 18.5. The van der Waals surface area contributed by atoms with E-state index in [1.807, 2.05) is 0 Å². The Labute approximate surface area is 186 Å². The van der Waals surface area contributed by atoms with Crippen molar-refractivity contribution in [1.82, 2.24) is 4.98 Å². The first-order chi connectivity index (χ1) is 14.6. The first-order valence-corrected chi connectivity index (χ1v) is 11.1. The minimum Gasteiger partial charge on any atom is -0.465 e. The average molecular weight is 445 g/mol. The molecule has 7 nitrogen and oxygen atoms in total. The molecule has 31 heavy (non-hydrogen) atoms. The molecule has 1 N–H and O–H groups in total. The second-order valence-electron chi connectivity index (χ2n) is 8.78. The van der Waals surface area contributed by atoms with E-state index in [9.17, 15) is 14.4 Å². The first kappa shape index (κ1) is 22.9. The Morgan fingerprint density at radius 1 is 1.19 bits per heavy atom. The summed E-state index contributed by atoms with van der Waals surface area (Å²) in [5.41, 5.74) is 1.83. The highest BCUT2D eigenvalue weighted by Crippen LogP contribution is 2.44. The summed E-state index contributed by atoms with van der Waals surface area (Å²) in [6.45, 7) is 8.16. The average Bonchev–Trinajstić information content (AvgIpc) is 3.10. The highest BCUT2D eigenvalue weighted by Gasteiger charge is 2.34. The summed E-state index contributed by atoms with van der Waals surface area (Å²) < 4.78 is 10.3. The number of hydrogen-bond donors (Lipinski definition) is 1. The van der Waals surface area contributed by atoms with Gasteiger partial charge in [-0.05, 0) is 55.2 Å². The molecule has 0 saturated heterocycles. The Morgan fingerprint density at radius 3 is 2.48 bits per heavy atom. The van der Waals surface area contributed by atoms with Gasteiger partial charge in [-0.3, -0.25) is 9.78 Å². The molecule has 2 unspecified atom stereocenters. The van der Waals surface area contributed by atoms with Crippen molar-refractivity contribution >= 4 is 34.2 Å². The van der Waals surface area contributed by atoms with E-state index in [1.165, 1.54) is 49.9 Å². The normalized spacial score (nSPS) is 16.7. The van der Waals surface area contributed by atoms with Gasteiger partial charge in [0.2, 0.25) is 0 Å². The maximum atomic E-state index is 12.7. The van der Waals surface area contributed by atoms with Gasteiger partial charge >= 0.3 is 11.9 Å². The number of pyridine rings is 1. The second kappa shape index (κ2) is 9.18. The molecule has 3 rings (SSSR count). The highest BCUT2D eigenvalue weighted by atomic mass is 32.1. The van der Waals surface area contributed by atoms with E-state index in [0.29, 0.717) is 22.0 Å². The topological polar surface area (TPSA) is 94.6 Å². The molecule has 0 radical (unpaired) electrons. The summed E-state index contributed by atoms with van der Waals surface area (Å²) in [6, 6.07) is 3.03. The largest absolute Gasteiger partial charge is 0.465 e. The Morgan fingerprint density at radius 2 is 1.87 bits per heavy atom. The van der Waals surface area contributed by atoms with Crippen LogP contribution in [0.15, 0.2) is 24.5 Å². The van der Waals surface area contributed by atoms with E-state index in [-0.39, 0.29) is 5.41 Å². The Bertz CT molecular complexity index is 978. The number of nitrogens with zero attached hydrogens (tertiary/aromatic N) is 1. The zero-order chi connectivity index (χ0) is 22.8. The predicted octanol–water partition coefficient (Wildman–Crippen LogP) is 4.26. The quantitative estimate of drug-likeness (QED) is 0.693. The molecule has 2 aromatic heterocycles. The lowest BCUT2D eigenvalue weighted by Gasteiger charge is -2.33. The van der Waals surface area contributed by atoms with E-state index in [4.69, 9.17) is 9.47 Å². The van der Waals surface area contributed by atoms with Crippen LogP contribution in [0.1, 0.15) is 65.3 Å². The van der Waals surface area contributed by atoms with Crippen LogP contribution in [0.25, 0.3) is 0 Å². The minimum atomic E-state index is -1.03. The van der Waals surface area contributed by atoms with Crippen molar-refractivity contribution in [2.45, 2.75) is 53.1 Å². The van der Waals surface area contributed by atoms with Gasteiger partial charge in [0.25, 0.3) is 5.91 Å². The third-order valence-corrected chi connectivity index (χ3v) is 6.86. The molecule has 0 spiro atoms. The zero-order valence-corrected chi connectivity index (χ0v) is 19.3. The van der Waals surface area contributed by atoms with Gasteiger partial charge in [-0.15, -0.1) is 11.3 Å². The molecular formula is C23H28N2O5S. The first-order valence-electron chi connectivity index (χ1n) is 10.3. The van der Waals surface area contributed by atoms with Gasteiger partial charge in [-0.1, -0.05) is 20.8 Å². The fourth-order valence-electron chi connectivity index (χ4n) is 3.71. The van der Waals surface area contributed by atoms with Crippen molar-refractivity contribution in [3.05, 3.63) is 46.1 Å². The lowest BCUT2D eigenvalue weighted by atomic mass is 9.72. The van der Waals surface area contributed by atoms with Crippen LogP contribution in [0, 0.1) is 11.3 Å². The number of ether oxygens (including phenoxy) is 2. The molecule has 1 amide bonds. The fraction of sp³-hybridized carbons (Fsp3) is 0.478. The lowest BCUT2D eigenvalue weighted by molar-refractivity contribution is -0.123. The van der Waals surface area contributed by atoms with Gasteiger partial charge in [0.1, 0.15) is 5.00 Å². The maximum Gasteiger partial charge on any atom is 0.341 e. The molecule has 1 aliphatic carbocycles. The molecular weight excluding hydrogens is 416 g/mol. The number of anilines is 1. The molecule has 1 aliphatic rings. The summed E-state index contributed by atoms with van der Waals surface area (Å²) in [5.74, 6) is -1.09. The molecule has 0 aromatic carbocycles. The number of carbonyl (C=O) groups is 3. The summed E-state index contributed by atoms with van der Waals surface area (Å²) >= 11 is 1.40. The van der Waals surface area contributed by atoms with E-state index in [0.717, 1.165) is 29.7 Å². The van der Waals surface area contributed by atoms with Crippen LogP contribution in [-0.2, 0) is 27.1 Å². The number of amides is 1. The molecule has 8 heteroatoms. The summed E-state index contributed by atoms with van der Waals surface area (Å²) in [7, 11) is 1.33. The lowest BCUT2D eigenvalue weighted by Crippen LogP contribution is -2.30. The second-order valence-corrected chi connectivity index (χ2v) is 9.88. The molecule has 0 saturated carbocycles. The van der Waals surface area contributed by atoms with Crippen LogP contribution in [0.5, 0.6) is 0 Å². The van der Waals surface area contributed by atoms with Crippen LogP contribution in [0.2, 0.25) is 0 Å². The van der Waals surface area contributed by atoms with Crippen LogP contribution < -0.4 is 5.32 Å². The van der Waals surface area contributed by atoms with E-state index in [2.05, 4.69) is 31.1 Å². The van der Waals surface area contributed by atoms with Crippen molar-refractivity contribution in [3.8, 4) is 0 Å². The number of hydrogen-bond acceptors (Lipinski definition) is 7. The standard InChI is InChI=1S/C23H28N2O5S/c1-13(30-21(27)14-8-10-24-11-9-14)19(26)25-20-18(22(28)29-5)16-7-6-15(23(2,3)4)12-17(16)31-20/h8-11,13,15H,6-7,12H2,1-5H3,(H,25,26). The van der Waals surface area contributed by atoms with E-state index >= 15 is 0 Å². The molecule has 2 aromatic rings. The summed E-state index contributed by atoms with van der Waals surface area (Å²) in [5, 5.41) is 3.23. The van der Waals surface area contributed by atoms with E-state index in [1.54, 1.807) is 0 Å². The van der Waals surface area contributed by atoms with Crippen LogP contribution >= 0.6 is 11.3 Å². The van der Waals surface area contributed by atoms with Crippen LogP contribution in [0.3, 0.4) is 0 Å². The number of fused-ring (bicyclic) bond motifs is 1. The third kappa shape index (κ3) is 5.12. The Kier molecular flexibility index (Phi) is 6.79. The highest BCUT2D eigenvalue weighted by molar-refractivity contribution is 7.17. The predicted molar refractivity (Wildman–Crippen MR) is 118 cm³/mol. The number of methoxy groups -OCH3 is 1. The SMILES string of the molecule is COC(=O)c1c(NC(=O)C(C)OC(=O)c2ccncc2)sc2c1CCC(C(C)(C)C)C2. The smallest absolute Gasteiger partial charge is 0.341 e. The van der Waals surface area contributed by atoms with Crippen molar-refractivity contribution in [1.29, 1.82) is 0 Å². The fourth-order valence-corrected chi connectivity index (χ4v) is 5.03. The number of nitrogens with one attached hydrogen (secondary N) is 1. The van der Waals surface area contributed by atoms with E-state index < -0.39 is 23.9 Å². The van der Waals surface area contributed by atoms with Crippen LogP contribution in [0.4, 0.5) is 5.00 Å². The monoisotopic (exact) mass is 444 g/mol. The van der Waals surface area contributed by atoms with Gasteiger partial charge in [0, 0.05) is 17.3 Å². The molecule has 2 heterocycles. The van der Waals surface area contributed by atoms with Gasteiger partial charge in [-0.25, -0.2) is 9.59 Å². The number of thiophene rings is 1. The van der Waals surface area contributed by atoms with Crippen molar-refractivity contribution in [2.75, 3.05) is 12.4 Å². The molecule has 166 valence electrons. The minimum absolute atomic E-state index is 0.159. The van der Waals surface area contributed by atoms with Gasteiger partial charge < -0.3 is 14.8 Å². The summed E-state index contributed by atoms with van der Waals surface area (Å²) in [4.78, 5) is 42.4. The Hall–Kier alpha value is -2.74. The Balaban J connectivity index is 1.79. The van der Waals surface area contributed by atoms with Gasteiger partial charge in [-0.2, -0.15) is 0 Å². The number of esters is 2. The molecule has 2 atom stereocenters. The van der Waals surface area contributed by atoms with Crippen LogP contribution in [-0.4, -0.2) is 36.0 Å². The van der Waals surface area contributed by atoms with Crippen molar-refractivity contribution in [3.63, 3.8) is 0 Å². The number of aromatic nitrogens is 1. The molecule has 0 bridgehead atoms. The number of rotatable bonds is 5.